The summed E-state index contributed by atoms with van der Waals surface area (Å²) in [4.78, 5) is 24.1. The lowest BCUT2D eigenvalue weighted by atomic mass is 10.0. The van der Waals surface area contributed by atoms with Gasteiger partial charge >= 0.3 is 5.97 Å². The van der Waals surface area contributed by atoms with Gasteiger partial charge in [0.1, 0.15) is 0 Å². The molecule has 4 heteroatoms. The minimum Gasteiger partial charge on any atom is -0.481 e. The van der Waals surface area contributed by atoms with Crippen molar-refractivity contribution in [3.8, 4) is 0 Å². The highest BCUT2D eigenvalue weighted by Crippen LogP contribution is 2.12. The Balaban J connectivity index is 2.48. The van der Waals surface area contributed by atoms with Crippen LogP contribution in [0.15, 0.2) is 24.3 Å². The van der Waals surface area contributed by atoms with Crippen LogP contribution in [-0.4, -0.2) is 28.9 Å². The normalized spacial score (nSPS) is 11.9. The number of hydrogen-bond acceptors (Lipinski definition) is 2. The zero-order chi connectivity index (χ0) is 14.4. The predicted octanol–water partition coefficient (Wildman–Crippen LogP) is 2.45. The Labute approximate surface area is 114 Å². The second-order valence-electron chi connectivity index (χ2n) is 5.14. The van der Waals surface area contributed by atoms with Gasteiger partial charge in [0.05, 0.1) is 0 Å². The molecule has 1 aromatic carbocycles. The molecule has 19 heavy (non-hydrogen) atoms. The van der Waals surface area contributed by atoms with Gasteiger partial charge in [0.2, 0.25) is 5.91 Å². The minimum atomic E-state index is -0.860. The van der Waals surface area contributed by atoms with Crippen molar-refractivity contribution < 1.29 is 14.7 Å². The Morgan fingerprint density at radius 1 is 1.21 bits per heavy atom. The minimum absolute atomic E-state index is 0.0191. The number of carboxylic acids is 1. The Hall–Kier alpha value is -1.84. The molecule has 1 aromatic rings. The first-order chi connectivity index (χ1) is 8.88. The van der Waals surface area contributed by atoms with Crippen LogP contribution < -0.4 is 0 Å². The standard InChI is InChI=1S/C15H21NO3/c1-11-4-6-13(7-5-11)10-16(3)14(17)8-12(2)9-15(18)19/h4-7,12H,8-10H2,1-3H3,(H,18,19). The highest BCUT2D eigenvalue weighted by atomic mass is 16.4. The van der Waals surface area contributed by atoms with Crippen LogP contribution in [0, 0.1) is 12.8 Å². The largest absolute Gasteiger partial charge is 0.481 e. The van der Waals surface area contributed by atoms with E-state index >= 15 is 0 Å². The summed E-state index contributed by atoms with van der Waals surface area (Å²) in [5, 5.41) is 8.67. The molecule has 0 bridgehead atoms. The molecule has 0 aliphatic heterocycles. The highest BCUT2D eigenvalue weighted by Gasteiger charge is 2.15. The van der Waals surface area contributed by atoms with Crippen molar-refractivity contribution in [2.24, 2.45) is 5.92 Å². The van der Waals surface area contributed by atoms with Gasteiger partial charge in [0.15, 0.2) is 0 Å². The summed E-state index contributed by atoms with van der Waals surface area (Å²) in [6.45, 7) is 4.36. The van der Waals surface area contributed by atoms with Gasteiger partial charge in [-0.2, -0.15) is 0 Å². The zero-order valence-electron chi connectivity index (χ0n) is 11.7. The topological polar surface area (TPSA) is 57.6 Å². The van der Waals surface area contributed by atoms with Gasteiger partial charge in [-0.3, -0.25) is 9.59 Å². The lowest BCUT2D eigenvalue weighted by Crippen LogP contribution is -2.28. The number of nitrogens with zero attached hydrogens (tertiary/aromatic N) is 1. The SMILES string of the molecule is Cc1ccc(CN(C)C(=O)CC(C)CC(=O)O)cc1. The van der Waals surface area contributed by atoms with Crippen LogP contribution in [0.2, 0.25) is 0 Å². The number of carboxylic acid groups (broad SMARTS) is 1. The molecular formula is C15H21NO3. The fourth-order valence-corrected chi connectivity index (χ4v) is 1.88. The van der Waals surface area contributed by atoms with Gasteiger partial charge in [-0.25, -0.2) is 0 Å². The summed E-state index contributed by atoms with van der Waals surface area (Å²) < 4.78 is 0. The van der Waals surface area contributed by atoms with Crippen LogP contribution in [0.4, 0.5) is 0 Å². The van der Waals surface area contributed by atoms with Crippen LogP contribution >= 0.6 is 0 Å². The van der Waals surface area contributed by atoms with Gasteiger partial charge in [-0.15, -0.1) is 0 Å². The van der Waals surface area contributed by atoms with E-state index in [9.17, 15) is 9.59 Å². The number of amides is 1. The van der Waals surface area contributed by atoms with Gasteiger partial charge in [0.25, 0.3) is 0 Å². The van der Waals surface area contributed by atoms with Crippen molar-refractivity contribution >= 4 is 11.9 Å². The molecule has 0 saturated carbocycles. The van der Waals surface area contributed by atoms with Crippen molar-refractivity contribution in [3.05, 3.63) is 35.4 Å². The quantitative estimate of drug-likeness (QED) is 0.857. The van der Waals surface area contributed by atoms with E-state index < -0.39 is 5.97 Å². The molecule has 0 heterocycles. The molecule has 1 atom stereocenters. The lowest BCUT2D eigenvalue weighted by Gasteiger charge is -2.19. The smallest absolute Gasteiger partial charge is 0.303 e. The van der Waals surface area contributed by atoms with Crippen LogP contribution in [0.3, 0.4) is 0 Å². The van der Waals surface area contributed by atoms with Crippen molar-refractivity contribution in [1.29, 1.82) is 0 Å². The summed E-state index contributed by atoms with van der Waals surface area (Å²) in [7, 11) is 1.75. The van der Waals surface area contributed by atoms with Crippen molar-refractivity contribution in [2.75, 3.05) is 7.05 Å². The molecule has 0 aliphatic carbocycles. The fourth-order valence-electron chi connectivity index (χ4n) is 1.88. The van der Waals surface area contributed by atoms with Crippen molar-refractivity contribution in [1.82, 2.24) is 4.90 Å². The van der Waals surface area contributed by atoms with E-state index in [1.165, 1.54) is 5.56 Å². The maximum atomic E-state index is 11.9. The first-order valence-electron chi connectivity index (χ1n) is 6.39. The fraction of sp³-hybridized carbons (Fsp3) is 0.467. The number of rotatable bonds is 6. The number of carbonyl (C=O) groups is 2. The second-order valence-corrected chi connectivity index (χ2v) is 5.14. The average molecular weight is 263 g/mol. The van der Waals surface area contributed by atoms with E-state index in [1.54, 1.807) is 18.9 Å². The summed E-state index contributed by atoms with van der Waals surface area (Å²) in [6, 6.07) is 8.03. The zero-order valence-corrected chi connectivity index (χ0v) is 11.7. The monoisotopic (exact) mass is 263 g/mol. The molecule has 0 saturated heterocycles. The average Bonchev–Trinajstić information content (AvgIpc) is 2.30. The molecule has 0 fully saturated rings. The van der Waals surface area contributed by atoms with Gasteiger partial charge in [-0.05, 0) is 18.4 Å². The van der Waals surface area contributed by atoms with Crippen LogP contribution in [0.5, 0.6) is 0 Å². The van der Waals surface area contributed by atoms with E-state index in [2.05, 4.69) is 0 Å². The molecular weight excluding hydrogens is 242 g/mol. The van der Waals surface area contributed by atoms with Crippen LogP contribution in [0.1, 0.15) is 30.9 Å². The van der Waals surface area contributed by atoms with Gasteiger partial charge in [-0.1, -0.05) is 36.8 Å². The Kier molecular flexibility index (Phi) is 5.55. The van der Waals surface area contributed by atoms with Crippen molar-refractivity contribution in [3.63, 3.8) is 0 Å². The van der Waals surface area contributed by atoms with Gasteiger partial charge < -0.3 is 10.0 Å². The third-order valence-electron chi connectivity index (χ3n) is 3.01. The number of aryl methyl sites for hydroxylation is 1. The molecule has 1 amide bonds. The molecule has 1 rings (SSSR count). The molecule has 0 aliphatic rings. The molecule has 1 N–H and O–H groups in total. The van der Waals surface area contributed by atoms with E-state index in [0.29, 0.717) is 6.54 Å². The third-order valence-corrected chi connectivity index (χ3v) is 3.01. The number of carbonyl (C=O) groups excluding carboxylic acids is 1. The molecule has 0 aromatic heterocycles. The summed E-state index contributed by atoms with van der Waals surface area (Å²) in [5.74, 6) is -1.01. The molecule has 1 unspecified atom stereocenters. The number of benzene rings is 1. The summed E-state index contributed by atoms with van der Waals surface area (Å²) in [5.41, 5.74) is 2.26. The van der Waals surface area contributed by atoms with E-state index in [0.717, 1.165) is 5.56 Å². The number of aliphatic carboxylic acids is 1. The first-order valence-corrected chi connectivity index (χ1v) is 6.39. The van der Waals surface area contributed by atoms with Gasteiger partial charge in [0, 0.05) is 26.4 Å². The molecule has 4 nitrogen and oxygen atoms in total. The second kappa shape index (κ2) is 6.92. The van der Waals surface area contributed by atoms with Crippen LogP contribution in [-0.2, 0) is 16.1 Å². The van der Waals surface area contributed by atoms with E-state index in [-0.39, 0.29) is 24.7 Å². The summed E-state index contributed by atoms with van der Waals surface area (Å²) >= 11 is 0. The molecule has 0 radical (unpaired) electrons. The Morgan fingerprint density at radius 3 is 2.32 bits per heavy atom. The summed E-state index contributed by atoms with van der Waals surface area (Å²) in [6.07, 6.45) is 0.304. The first kappa shape index (κ1) is 15.2. The third kappa shape index (κ3) is 5.55. The number of hydrogen-bond donors (Lipinski definition) is 1. The Morgan fingerprint density at radius 2 is 1.79 bits per heavy atom. The van der Waals surface area contributed by atoms with Crippen LogP contribution in [0.25, 0.3) is 0 Å². The highest BCUT2D eigenvalue weighted by molar-refractivity contribution is 5.77. The van der Waals surface area contributed by atoms with Crippen molar-refractivity contribution in [2.45, 2.75) is 33.2 Å². The maximum Gasteiger partial charge on any atom is 0.303 e. The molecule has 104 valence electrons. The lowest BCUT2D eigenvalue weighted by molar-refractivity contribution is -0.138. The molecule has 0 spiro atoms. The van der Waals surface area contributed by atoms with E-state index in [1.807, 2.05) is 31.2 Å². The maximum absolute atomic E-state index is 11.9. The van der Waals surface area contributed by atoms with E-state index in [4.69, 9.17) is 5.11 Å². The Bertz CT molecular complexity index is 439. The predicted molar refractivity (Wildman–Crippen MR) is 73.7 cm³/mol.